The van der Waals surface area contributed by atoms with Gasteiger partial charge in [0.05, 0.1) is 0 Å². The number of nitrogens with zero attached hydrogens (tertiary/aromatic N) is 2. The van der Waals surface area contributed by atoms with Gasteiger partial charge in [-0.2, -0.15) is 11.8 Å². The SMILES string of the molecule is CCSC1CCCC1Nc1nc(CC)nc(N)c1C. The molecule has 0 aromatic carbocycles. The molecular weight excluding hydrogens is 256 g/mol. The van der Waals surface area contributed by atoms with E-state index < -0.39 is 0 Å². The molecule has 1 aromatic heterocycles. The van der Waals surface area contributed by atoms with Crippen LogP contribution >= 0.6 is 11.8 Å². The van der Waals surface area contributed by atoms with Gasteiger partial charge in [-0.15, -0.1) is 0 Å². The highest BCUT2D eigenvalue weighted by Crippen LogP contribution is 2.32. The van der Waals surface area contributed by atoms with Gasteiger partial charge in [0.1, 0.15) is 17.5 Å². The van der Waals surface area contributed by atoms with E-state index in [2.05, 4.69) is 29.1 Å². The molecule has 3 N–H and O–H groups in total. The maximum Gasteiger partial charge on any atom is 0.135 e. The second kappa shape index (κ2) is 6.46. The van der Waals surface area contributed by atoms with Crippen LogP contribution in [0.25, 0.3) is 0 Å². The van der Waals surface area contributed by atoms with E-state index in [1.54, 1.807) is 0 Å². The average Bonchev–Trinajstić information content (AvgIpc) is 2.82. The van der Waals surface area contributed by atoms with Crippen LogP contribution in [0, 0.1) is 6.92 Å². The number of nitrogen functional groups attached to an aromatic ring is 1. The van der Waals surface area contributed by atoms with Gasteiger partial charge in [0.15, 0.2) is 0 Å². The van der Waals surface area contributed by atoms with Gasteiger partial charge in [0.25, 0.3) is 0 Å². The molecule has 0 amide bonds. The molecule has 1 aliphatic carbocycles. The third kappa shape index (κ3) is 3.32. The number of nitrogens with two attached hydrogens (primary N) is 1. The summed E-state index contributed by atoms with van der Waals surface area (Å²) in [7, 11) is 0. The number of thioether (sulfide) groups is 1. The van der Waals surface area contributed by atoms with E-state index in [0.717, 1.165) is 23.6 Å². The molecule has 1 aromatic rings. The summed E-state index contributed by atoms with van der Waals surface area (Å²) in [5, 5.41) is 4.31. The molecule has 0 aliphatic heterocycles. The van der Waals surface area contributed by atoms with Crippen molar-refractivity contribution in [3.8, 4) is 0 Å². The molecule has 1 saturated carbocycles. The topological polar surface area (TPSA) is 63.8 Å². The van der Waals surface area contributed by atoms with Crippen molar-refractivity contribution in [3.63, 3.8) is 0 Å². The van der Waals surface area contributed by atoms with Crippen LogP contribution < -0.4 is 11.1 Å². The van der Waals surface area contributed by atoms with Gasteiger partial charge in [-0.1, -0.05) is 20.3 Å². The minimum atomic E-state index is 0.516. The maximum atomic E-state index is 5.97. The van der Waals surface area contributed by atoms with E-state index in [4.69, 9.17) is 5.73 Å². The first-order chi connectivity index (χ1) is 9.15. The lowest BCUT2D eigenvalue weighted by Crippen LogP contribution is -2.27. The summed E-state index contributed by atoms with van der Waals surface area (Å²) >= 11 is 2.05. The van der Waals surface area contributed by atoms with Gasteiger partial charge in [0.2, 0.25) is 0 Å². The molecule has 4 nitrogen and oxygen atoms in total. The van der Waals surface area contributed by atoms with Gasteiger partial charge in [-0.05, 0) is 25.5 Å². The summed E-state index contributed by atoms with van der Waals surface area (Å²) < 4.78 is 0. The summed E-state index contributed by atoms with van der Waals surface area (Å²) in [6.45, 7) is 6.27. The van der Waals surface area contributed by atoms with Crippen LogP contribution in [0.4, 0.5) is 11.6 Å². The zero-order valence-electron chi connectivity index (χ0n) is 12.1. The quantitative estimate of drug-likeness (QED) is 0.868. The van der Waals surface area contributed by atoms with E-state index in [9.17, 15) is 0 Å². The summed E-state index contributed by atoms with van der Waals surface area (Å²) in [4.78, 5) is 8.90. The van der Waals surface area contributed by atoms with Gasteiger partial charge in [-0.25, -0.2) is 9.97 Å². The van der Waals surface area contributed by atoms with Crippen molar-refractivity contribution in [2.75, 3.05) is 16.8 Å². The Hall–Kier alpha value is -0.970. The molecule has 0 bridgehead atoms. The number of rotatable bonds is 5. The predicted molar refractivity (Wildman–Crippen MR) is 83.7 cm³/mol. The fourth-order valence-corrected chi connectivity index (χ4v) is 3.76. The van der Waals surface area contributed by atoms with E-state index >= 15 is 0 Å². The summed E-state index contributed by atoms with van der Waals surface area (Å²) in [6, 6.07) is 0.516. The van der Waals surface area contributed by atoms with Gasteiger partial charge < -0.3 is 11.1 Å². The Balaban J connectivity index is 2.16. The highest BCUT2D eigenvalue weighted by molar-refractivity contribution is 7.99. The number of aryl methyl sites for hydroxylation is 1. The molecule has 1 aliphatic rings. The third-order valence-corrected chi connectivity index (χ3v) is 5.03. The van der Waals surface area contributed by atoms with E-state index in [-0.39, 0.29) is 0 Å². The maximum absolute atomic E-state index is 5.97. The molecule has 2 rings (SSSR count). The molecule has 5 heteroatoms. The molecule has 2 atom stereocenters. The molecule has 2 unspecified atom stereocenters. The average molecular weight is 280 g/mol. The second-order valence-electron chi connectivity index (χ2n) is 5.03. The Morgan fingerprint density at radius 3 is 2.79 bits per heavy atom. The molecule has 0 spiro atoms. The van der Waals surface area contributed by atoms with Crippen LogP contribution in [0.3, 0.4) is 0 Å². The summed E-state index contributed by atoms with van der Waals surface area (Å²) in [6.07, 6.45) is 4.64. The van der Waals surface area contributed by atoms with Crippen molar-refractivity contribution in [1.82, 2.24) is 9.97 Å². The van der Waals surface area contributed by atoms with Crippen molar-refractivity contribution in [2.45, 2.75) is 57.7 Å². The van der Waals surface area contributed by atoms with Crippen molar-refractivity contribution >= 4 is 23.4 Å². The van der Waals surface area contributed by atoms with Crippen LogP contribution in [-0.2, 0) is 6.42 Å². The molecule has 0 radical (unpaired) electrons. The Kier molecular flexibility index (Phi) is 4.91. The smallest absolute Gasteiger partial charge is 0.135 e. The Morgan fingerprint density at radius 1 is 1.32 bits per heavy atom. The number of anilines is 2. The fourth-order valence-electron chi connectivity index (χ4n) is 2.56. The highest BCUT2D eigenvalue weighted by atomic mass is 32.2. The first-order valence-corrected chi connectivity index (χ1v) is 8.21. The minimum absolute atomic E-state index is 0.516. The van der Waals surface area contributed by atoms with Crippen molar-refractivity contribution < 1.29 is 0 Å². The standard InChI is InChI=1S/C14H24N4S/c1-4-12-17-13(15)9(3)14(18-12)16-10-7-6-8-11(10)19-5-2/h10-11H,4-8H2,1-3H3,(H3,15,16,17,18). The number of aromatic nitrogens is 2. The molecular formula is C14H24N4S. The summed E-state index contributed by atoms with van der Waals surface area (Å²) in [5.74, 6) is 3.53. The molecule has 1 heterocycles. The van der Waals surface area contributed by atoms with Crippen LogP contribution in [0.5, 0.6) is 0 Å². The fraction of sp³-hybridized carbons (Fsp3) is 0.714. The van der Waals surface area contributed by atoms with Crippen molar-refractivity contribution in [2.24, 2.45) is 0 Å². The van der Waals surface area contributed by atoms with Crippen LogP contribution in [0.15, 0.2) is 0 Å². The first-order valence-electron chi connectivity index (χ1n) is 7.16. The number of hydrogen-bond acceptors (Lipinski definition) is 5. The van der Waals surface area contributed by atoms with Crippen LogP contribution in [-0.4, -0.2) is 27.0 Å². The zero-order valence-corrected chi connectivity index (χ0v) is 12.9. The lowest BCUT2D eigenvalue weighted by molar-refractivity contribution is 0.757. The third-order valence-electron chi connectivity index (χ3n) is 3.70. The predicted octanol–water partition coefficient (Wildman–Crippen LogP) is 3.02. The van der Waals surface area contributed by atoms with Crippen LogP contribution in [0.2, 0.25) is 0 Å². The van der Waals surface area contributed by atoms with Gasteiger partial charge >= 0.3 is 0 Å². The molecule has 1 fully saturated rings. The van der Waals surface area contributed by atoms with Crippen molar-refractivity contribution in [1.29, 1.82) is 0 Å². The normalized spacial score (nSPS) is 22.7. The van der Waals surface area contributed by atoms with E-state index in [1.165, 1.54) is 25.0 Å². The largest absolute Gasteiger partial charge is 0.383 e. The molecule has 0 saturated heterocycles. The number of hydrogen-bond donors (Lipinski definition) is 2. The van der Waals surface area contributed by atoms with Gasteiger partial charge in [0, 0.05) is 23.3 Å². The lowest BCUT2D eigenvalue weighted by atomic mass is 10.2. The van der Waals surface area contributed by atoms with Crippen LogP contribution in [0.1, 0.15) is 44.5 Å². The molecule has 19 heavy (non-hydrogen) atoms. The Morgan fingerprint density at radius 2 is 2.11 bits per heavy atom. The minimum Gasteiger partial charge on any atom is -0.383 e. The number of nitrogens with one attached hydrogen (secondary N) is 1. The van der Waals surface area contributed by atoms with E-state index in [1.807, 2.05) is 18.7 Å². The first kappa shape index (κ1) is 14.4. The summed E-state index contributed by atoms with van der Waals surface area (Å²) in [5.41, 5.74) is 6.94. The lowest BCUT2D eigenvalue weighted by Gasteiger charge is -2.22. The Labute approximate surface area is 120 Å². The monoisotopic (exact) mass is 280 g/mol. The van der Waals surface area contributed by atoms with E-state index in [0.29, 0.717) is 17.1 Å². The molecule has 106 valence electrons. The highest BCUT2D eigenvalue weighted by Gasteiger charge is 2.28. The Bertz CT molecular complexity index is 436. The zero-order chi connectivity index (χ0) is 13.8. The second-order valence-corrected chi connectivity index (χ2v) is 6.54. The van der Waals surface area contributed by atoms with Crippen molar-refractivity contribution in [3.05, 3.63) is 11.4 Å². The van der Waals surface area contributed by atoms with Gasteiger partial charge in [-0.3, -0.25) is 0 Å².